The van der Waals surface area contributed by atoms with Crippen molar-refractivity contribution in [1.82, 2.24) is 5.32 Å². The first kappa shape index (κ1) is 9.05. The third-order valence-electron chi connectivity index (χ3n) is 2.93. The molecule has 0 aromatic rings. The lowest BCUT2D eigenvalue weighted by molar-refractivity contribution is 0.443. The molecule has 0 bridgehead atoms. The third kappa shape index (κ3) is 2.82. The molecule has 1 nitrogen and oxygen atoms in total. The van der Waals surface area contributed by atoms with Gasteiger partial charge in [-0.3, -0.25) is 0 Å². The zero-order valence-electron chi connectivity index (χ0n) is 8.06. The van der Waals surface area contributed by atoms with Gasteiger partial charge in [0.15, 0.2) is 0 Å². The highest BCUT2D eigenvalue weighted by molar-refractivity contribution is 4.89. The number of rotatable bonds is 5. The van der Waals surface area contributed by atoms with E-state index in [0.717, 1.165) is 17.9 Å². The minimum Gasteiger partial charge on any atom is -0.313 e. The van der Waals surface area contributed by atoms with E-state index < -0.39 is 0 Å². The predicted octanol–water partition coefficient (Wildman–Crippen LogP) is 2.42. The maximum atomic E-state index is 3.61. The van der Waals surface area contributed by atoms with Crippen LogP contribution in [-0.4, -0.2) is 12.6 Å². The highest BCUT2D eigenvalue weighted by Gasteiger charge is 2.31. The van der Waals surface area contributed by atoms with Crippen molar-refractivity contribution in [2.45, 2.75) is 46.1 Å². The molecular weight excluding hydrogens is 134 g/mol. The van der Waals surface area contributed by atoms with Crippen LogP contribution in [0.1, 0.15) is 40.0 Å². The summed E-state index contributed by atoms with van der Waals surface area (Å²) in [5.74, 6) is 1.85. The molecule has 1 saturated carbocycles. The molecule has 0 heterocycles. The largest absolute Gasteiger partial charge is 0.313 e. The first-order valence-electron chi connectivity index (χ1n) is 5.01. The van der Waals surface area contributed by atoms with Gasteiger partial charge in [0.05, 0.1) is 0 Å². The molecule has 11 heavy (non-hydrogen) atoms. The molecule has 0 amide bonds. The second-order valence-corrected chi connectivity index (χ2v) is 3.91. The first-order chi connectivity index (χ1) is 5.27. The fourth-order valence-electron chi connectivity index (χ4n) is 1.50. The predicted molar refractivity (Wildman–Crippen MR) is 49.6 cm³/mol. The maximum Gasteiger partial charge on any atom is 0.00965 e. The monoisotopic (exact) mass is 155 g/mol. The highest BCUT2D eigenvalue weighted by Crippen LogP contribution is 2.29. The van der Waals surface area contributed by atoms with E-state index in [1.165, 1.54) is 25.8 Å². The number of nitrogens with one attached hydrogen (secondary N) is 1. The summed E-state index contributed by atoms with van der Waals surface area (Å²) in [5.41, 5.74) is 0. The van der Waals surface area contributed by atoms with E-state index in [-0.39, 0.29) is 0 Å². The Morgan fingerprint density at radius 2 is 1.91 bits per heavy atom. The molecule has 0 radical (unpaired) electrons. The van der Waals surface area contributed by atoms with E-state index in [0.29, 0.717) is 0 Å². The van der Waals surface area contributed by atoms with Crippen molar-refractivity contribution in [1.29, 1.82) is 0 Å². The van der Waals surface area contributed by atoms with E-state index in [2.05, 4.69) is 26.1 Å². The van der Waals surface area contributed by atoms with E-state index in [9.17, 15) is 0 Å². The minimum absolute atomic E-state index is 0.857. The summed E-state index contributed by atoms with van der Waals surface area (Å²) in [7, 11) is 0. The average molecular weight is 155 g/mol. The van der Waals surface area contributed by atoms with Crippen LogP contribution in [0, 0.1) is 11.8 Å². The Morgan fingerprint density at radius 1 is 1.36 bits per heavy atom. The Balaban J connectivity index is 2.01. The number of hydrogen-bond donors (Lipinski definition) is 1. The topological polar surface area (TPSA) is 12.0 Å². The van der Waals surface area contributed by atoms with Crippen LogP contribution in [0.3, 0.4) is 0 Å². The van der Waals surface area contributed by atoms with E-state index in [1.807, 2.05) is 0 Å². The van der Waals surface area contributed by atoms with Crippen LogP contribution < -0.4 is 5.32 Å². The van der Waals surface area contributed by atoms with Gasteiger partial charge in [-0.2, -0.15) is 0 Å². The van der Waals surface area contributed by atoms with Gasteiger partial charge in [-0.05, 0) is 24.8 Å². The van der Waals surface area contributed by atoms with Crippen LogP contribution in [-0.2, 0) is 0 Å². The molecule has 0 aliphatic heterocycles. The van der Waals surface area contributed by atoms with E-state index in [1.54, 1.807) is 0 Å². The van der Waals surface area contributed by atoms with Crippen molar-refractivity contribution in [3.8, 4) is 0 Å². The van der Waals surface area contributed by atoms with Crippen molar-refractivity contribution < 1.29 is 0 Å². The van der Waals surface area contributed by atoms with Gasteiger partial charge >= 0.3 is 0 Å². The quantitative estimate of drug-likeness (QED) is 0.643. The summed E-state index contributed by atoms with van der Waals surface area (Å²) in [6.07, 6.45) is 4.05. The molecular formula is C10H21N. The van der Waals surface area contributed by atoms with Crippen molar-refractivity contribution >= 4 is 0 Å². The standard InChI is InChI=1S/C10H21N/c1-4-9(5-2)7-11-10-6-8(10)3/h8-11H,4-7H2,1-3H3. The smallest absolute Gasteiger partial charge is 0.00965 e. The molecule has 0 aromatic heterocycles. The highest BCUT2D eigenvalue weighted by atomic mass is 15.0. The Kier molecular flexibility index (Phi) is 3.38. The second kappa shape index (κ2) is 4.10. The summed E-state index contributed by atoms with van der Waals surface area (Å²) in [4.78, 5) is 0. The Bertz CT molecular complexity index is 107. The van der Waals surface area contributed by atoms with E-state index >= 15 is 0 Å². The molecule has 0 aromatic carbocycles. The summed E-state index contributed by atoms with van der Waals surface area (Å²) < 4.78 is 0. The summed E-state index contributed by atoms with van der Waals surface area (Å²) in [6, 6.07) is 0.857. The first-order valence-corrected chi connectivity index (χ1v) is 5.01. The van der Waals surface area contributed by atoms with Crippen molar-refractivity contribution in [2.24, 2.45) is 11.8 Å². The Morgan fingerprint density at radius 3 is 2.27 bits per heavy atom. The summed E-state index contributed by atoms with van der Waals surface area (Å²) in [6.45, 7) is 8.13. The Labute approximate surface area is 70.6 Å². The summed E-state index contributed by atoms with van der Waals surface area (Å²) in [5, 5.41) is 3.61. The van der Waals surface area contributed by atoms with Crippen LogP contribution in [0.15, 0.2) is 0 Å². The van der Waals surface area contributed by atoms with Gasteiger partial charge in [-0.25, -0.2) is 0 Å². The lowest BCUT2D eigenvalue weighted by Gasteiger charge is -2.12. The molecule has 1 rings (SSSR count). The van der Waals surface area contributed by atoms with Gasteiger partial charge in [-0.1, -0.05) is 33.6 Å². The molecule has 1 aliphatic carbocycles. The van der Waals surface area contributed by atoms with Gasteiger partial charge in [0.2, 0.25) is 0 Å². The van der Waals surface area contributed by atoms with Crippen LogP contribution in [0.25, 0.3) is 0 Å². The zero-order chi connectivity index (χ0) is 8.27. The normalized spacial score (nSPS) is 29.5. The molecule has 66 valence electrons. The molecule has 2 unspecified atom stereocenters. The van der Waals surface area contributed by atoms with Crippen molar-refractivity contribution in [2.75, 3.05) is 6.54 Å². The minimum atomic E-state index is 0.857. The average Bonchev–Trinajstić information content (AvgIpc) is 2.69. The molecule has 1 aliphatic rings. The van der Waals surface area contributed by atoms with Gasteiger partial charge in [0, 0.05) is 6.04 Å². The van der Waals surface area contributed by atoms with Crippen molar-refractivity contribution in [3.05, 3.63) is 0 Å². The molecule has 1 fully saturated rings. The van der Waals surface area contributed by atoms with Gasteiger partial charge < -0.3 is 5.32 Å². The van der Waals surface area contributed by atoms with Crippen LogP contribution >= 0.6 is 0 Å². The lowest BCUT2D eigenvalue weighted by Crippen LogP contribution is -2.24. The Hall–Kier alpha value is -0.0400. The SMILES string of the molecule is CCC(CC)CNC1CC1C. The van der Waals surface area contributed by atoms with Gasteiger partial charge in [-0.15, -0.1) is 0 Å². The van der Waals surface area contributed by atoms with Crippen molar-refractivity contribution in [3.63, 3.8) is 0 Å². The summed E-state index contributed by atoms with van der Waals surface area (Å²) >= 11 is 0. The van der Waals surface area contributed by atoms with Gasteiger partial charge in [0.25, 0.3) is 0 Å². The molecule has 0 spiro atoms. The van der Waals surface area contributed by atoms with E-state index in [4.69, 9.17) is 0 Å². The maximum absolute atomic E-state index is 3.61. The van der Waals surface area contributed by atoms with Crippen LogP contribution in [0.4, 0.5) is 0 Å². The molecule has 1 N–H and O–H groups in total. The molecule has 0 saturated heterocycles. The third-order valence-corrected chi connectivity index (χ3v) is 2.93. The zero-order valence-corrected chi connectivity index (χ0v) is 8.06. The van der Waals surface area contributed by atoms with Gasteiger partial charge in [0.1, 0.15) is 0 Å². The number of hydrogen-bond acceptors (Lipinski definition) is 1. The van der Waals surface area contributed by atoms with Crippen LogP contribution in [0.5, 0.6) is 0 Å². The fraction of sp³-hybridized carbons (Fsp3) is 1.00. The molecule has 2 atom stereocenters. The fourth-order valence-corrected chi connectivity index (χ4v) is 1.50. The second-order valence-electron chi connectivity index (χ2n) is 3.91. The lowest BCUT2D eigenvalue weighted by atomic mass is 10.0. The van der Waals surface area contributed by atoms with Crippen LogP contribution in [0.2, 0.25) is 0 Å². The molecule has 1 heteroatoms.